The third-order valence-corrected chi connectivity index (χ3v) is 3.84. The molecule has 0 aliphatic carbocycles. The largest absolute Gasteiger partial charge is 0.362 e. The van der Waals surface area contributed by atoms with Gasteiger partial charge in [0.25, 0.3) is 0 Å². The van der Waals surface area contributed by atoms with Gasteiger partial charge in [-0.1, -0.05) is 24.8 Å². The molecule has 98 valence electrons. The molecule has 2 atom stereocenters. The SMILES string of the molecule is CC1CC(C)SC(=NCc2ccc(F)cc2F)N1. The fraction of sp³-hybridized carbons (Fsp3) is 0.462. The molecule has 0 aromatic heterocycles. The zero-order valence-electron chi connectivity index (χ0n) is 10.4. The van der Waals surface area contributed by atoms with Gasteiger partial charge in [-0.05, 0) is 19.4 Å². The van der Waals surface area contributed by atoms with Gasteiger partial charge in [0, 0.05) is 22.9 Å². The third kappa shape index (κ3) is 3.45. The first-order chi connectivity index (χ1) is 8.54. The lowest BCUT2D eigenvalue weighted by atomic mass is 10.2. The Bertz CT molecular complexity index is 450. The van der Waals surface area contributed by atoms with Gasteiger partial charge in [-0.25, -0.2) is 8.78 Å². The Morgan fingerprint density at radius 1 is 1.39 bits per heavy atom. The summed E-state index contributed by atoms with van der Waals surface area (Å²) in [5.74, 6) is -1.10. The van der Waals surface area contributed by atoms with Gasteiger partial charge in [0.05, 0.1) is 6.54 Å². The van der Waals surface area contributed by atoms with Gasteiger partial charge in [-0.3, -0.25) is 4.99 Å². The summed E-state index contributed by atoms with van der Waals surface area (Å²) in [5, 5.41) is 4.61. The van der Waals surface area contributed by atoms with Crippen molar-refractivity contribution in [2.75, 3.05) is 0 Å². The topological polar surface area (TPSA) is 24.4 Å². The van der Waals surface area contributed by atoms with Crippen LogP contribution in [0.5, 0.6) is 0 Å². The van der Waals surface area contributed by atoms with Crippen LogP contribution in [0.4, 0.5) is 8.78 Å². The van der Waals surface area contributed by atoms with E-state index in [1.165, 1.54) is 12.1 Å². The summed E-state index contributed by atoms with van der Waals surface area (Å²) in [7, 11) is 0. The third-order valence-electron chi connectivity index (χ3n) is 2.78. The molecule has 0 spiro atoms. The Morgan fingerprint density at radius 3 is 2.83 bits per heavy atom. The monoisotopic (exact) mass is 270 g/mol. The number of nitrogens with zero attached hydrogens (tertiary/aromatic N) is 1. The molecule has 5 heteroatoms. The van der Waals surface area contributed by atoms with E-state index >= 15 is 0 Å². The average Bonchev–Trinajstić information content (AvgIpc) is 2.26. The van der Waals surface area contributed by atoms with Crippen LogP contribution in [-0.4, -0.2) is 16.5 Å². The van der Waals surface area contributed by atoms with Crippen molar-refractivity contribution in [2.24, 2.45) is 4.99 Å². The number of rotatable bonds is 2. The summed E-state index contributed by atoms with van der Waals surface area (Å²) in [6.07, 6.45) is 1.09. The van der Waals surface area contributed by atoms with E-state index in [9.17, 15) is 8.78 Å². The lowest BCUT2D eigenvalue weighted by molar-refractivity contribution is 0.572. The van der Waals surface area contributed by atoms with Crippen molar-refractivity contribution in [3.05, 3.63) is 35.4 Å². The predicted molar refractivity (Wildman–Crippen MR) is 71.8 cm³/mol. The van der Waals surface area contributed by atoms with Crippen LogP contribution in [0.2, 0.25) is 0 Å². The molecule has 0 bridgehead atoms. The van der Waals surface area contributed by atoms with E-state index in [2.05, 4.69) is 24.2 Å². The van der Waals surface area contributed by atoms with Gasteiger partial charge in [0.2, 0.25) is 0 Å². The molecular formula is C13H16F2N2S. The normalized spacial score (nSPS) is 26.1. The highest BCUT2D eigenvalue weighted by Crippen LogP contribution is 2.22. The molecule has 1 heterocycles. The molecule has 1 aliphatic rings. The minimum atomic E-state index is -0.559. The molecule has 0 amide bonds. The summed E-state index contributed by atoms with van der Waals surface area (Å²) < 4.78 is 26.2. The van der Waals surface area contributed by atoms with Crippen LogP contribution in [-0.2, 0) is 6.54 Å². The van der Waals surface area contributed by atoms with Crippen molar-refractivity contribution < 1.29 is 8.78 Å². The number of hydrogen-bond donors (Lipinski definition) is 1. The summed E-state index contributed by atoms with van der Waals surface area (Å²) >= 11 is 1.66. The van der Waals surface area contributed by atoms with E-state index in [1.54, 1.807) is 11.8 Å². The van der Waals surface area contributed by atoms with Gasteiger partial charge in [0.1, 0.15) is 11.6 Å². The highest BCUT2D eigenvalue weighted by molar-refractivity contribution is 8.14. The summed E-state index contributed by atoms with van der Waals surface area (Å²) in [6.45, 7) is 4.49. The number of amidine groups is 1. The molecule has 0 radical (unpaired) electrons. The average molecular weight is 270 g/mol. The van der Waals surface area contributed by atoms with E-state index in [1.807, 2.05) is 0 Å². The summed E-state index contributed by atoms with van der Waals surface area (Å²) in [4.78, 5) is 4.35. The van der Waals surface area contributed by atoms with Crippen LogP contribution in [0.3, 0.4) is 0 Å². The maximum Gasteiger partial charge on any atom is 0.157 e. The fourth-order valence-electron chi connectivity index (χ4n) is 1.93. The van der Waals surface area contributed by atoms with Crippen molar-refractivity contribution in [1.29, 1.82) is 0 Å². The van der Waals surface area contributed by atoms with Crippen molar-refractivity contribution >= 4 is 16.9 Å². The predicted octanol–water partition coefficient (Wildman–Crippen LogP) is 3.32. The van der Waals surface area contributed by atoms with Gasteiger partial charge in [0.15, 0.2) is 5.17 Å². The lowest BCUT2D eigenvalue weighted by Crippen LogP contribution is -2.38. The first-order valence-electron chi connectivity index (χ1n) is 5.96. The Kier molecular flexibility index (Phi) is 4.22. The Hall–Kier alpha value is -1.10. The van der Waals surface area contributed by atoms with Crippen LogP contribution in [0.15, 0.2) is 23.2 Å². The second-order valence-corrected chi connectivity index (χ2v) is 5.99. The highest BCUT2D eigenvalue weighted by atomic mass is 32.2. The van der Waals surface area contributed by atoms with E-state index in [4.69, 9.17) is 0 Å². The molecule has 1 fully saturated rings. The molecule has 1 N–H and O–H groups in total. The summed E-state index contributed by atoms with van der Waals surface area (Å²) in [5.41, 5.74) is 0.414. The minimum Gasteiger partial charge on any atom is -0.362 e. The maximum absolute atomic E-state index is 13.4. The second-order valence-electron chi connectivity index (χ2n) is 4.57. The zero-order chi connectivity index (χ0) is 13.1. The van der Waals surface area contributed by atoms with E-state index in [0.29, 0.717) is 16.9 Å². The molecule has 1 aromatic rings. The molecule has 1 aliphatic heterocycles. The van der Waals surface area contributed by atoms with Crippen LogP contribution in [0.1, 0.15) is 25.8 Å². The lowest BCUT2D eigenvalue weighted by Gasteiger charge is -2.26. The summed E-state index contributed by atoms with van der Waals surface area (Å²) in [6, 6.07) is 3.97. The highest BCUT2D eigenvalue weighted by Gasteiger charge is 2.19. The number of halogens is 2. The first-order valence-corrected chi connectivity index (χ1v) is 6.84. The fourth-order valence-corrected chi connectivity index (χ4v) is 3.10. The number of aliphatic imine (C=N–C) groups is 1. The molecule has 18 heavy (non-hydrogen) atoms. The molecule has 0 saturated carbocycles. The smallest absolute Gasteiger partial charge is 0.157 e. The molecule has 1 aromatic carbocycles. The number of hydrogen-bond acceptors (Lipinski definition) is 2. The molecule has 2 nitrogen and oxygen atoms in total. The van der Waals surface area contributed by atoms with E-state index in [0.717, 1.165) is 17.7 Å². The van der Waals surface area contributed by atoms with E-state index < -0.39 is 11.6 Å². The molecule has 1 saturated heterocycles. The van der Waals surface area contributed by atoms with Crippen molar-refractivity contribution in [1.82, 2.24) is 5.32 Å². The van der Waals surface area contributed by atoms with Gasteiger partial charge >= 0.3 is 0 Å². The standard InChI is InChI=1S/C13H16F2N2S/c1-8-5-9(2)18-13(17-8)16-7-10-3-4-11(14)6-12(10)15/h3-4,6,8-9H,5,7H2,1-2H3,(H,16,17). The maximum atomic E-state index is 13.4. The van der Waals surface area contributed by atoms with Crippen molar-refractivity contribution in [2.45, 2.75) is 38.1 Å². The van der Waals surface area contributed by atoms with Crippen molar-refractivity contribution in [3.8, 4) is 0 Å². The van der Waals surface area contributed by atoms with Gasteiger partial charge < -0.3 is 5.32 Å². The van der Waals surface area contributed by atoms with Crippen LogP contribution in [0, 0.1) is 11.6 Å². The van der Waals surface area contributed by atoms with E-state index in [-0.39, 0.29) is 6.54 Å². The Balaban J connectivity index is 2.05. The van der Waals surface area contributed by atoms with Gasteiger partial charge in [-0.15, -0.1) is 0 Å². The number of thioether (sulfide) groups is 1. The quantitative estimate of drug-likeness (QED) is 0.891. The molecule has 2 rings (SSSR count). The van der Waals surface area contributed by atoms with Gasteiger partial charge in [-0.2, -0.15) is 0 Å². The van der Waals surface area contributed by atoms with Crippen LogP contribution < -0.4 is 5.32 Å². The number of benzene rings is 1. The first kappa shape index (κ1) is 13.3. The second kappa shape index (κ2) is 5.69. The number of nitrogens with one attached hydrogen (secondary N) is 1. The van der Waals surface area contributed by atoms with Crippen molar-refractivity contribution in [3.63, 3.8) is 0 Å². The van der Waals surface area contributed by atoms with Crippen LogP contribution >= 0.6 is 11.8 Å². The Labute approximate surface area is 110 Å². The molecule has 2 unspecified atom stereocenters. The minimum absolute atomic E-state index is 0.237. The zero-order valence-corrected chi connectivity index (χ0v) is 11.2. The molecular weight excluding hydrogens is 254 g/mol. The van der Waals surface area contributed by atoms with Crippen LogP contribution in [0.25, 0.3) is 0 Å². The Morgan fingerprint density at radius 2 is 2.17 bits per heavy atom.